The van der Waals surface area contributed by atoms with Crippen molar-refractivity contribution in [1.29, 1.82) is 0 Å². The molecule has 0 fully saturated rings. The van der Waals surface area contributed by atoms with Crippen molar-refractivity contribution in [3.05, 3.63) is 102 Å². The third-order valence-electron chi connectivity index (χ3n) is 4.06. The van der Waals surface area contributed by atoms with Crippen LogP contribution >= 0.6 is 0 Å². The van der Waals surface area contributed by atoms with Gasteiger partial charge in [-0.3, -0.25) is 9.36 Å². The first-order chi connectivity index (χ1) is 12.7. The van der Waals surface area contributed by atoms with E-state index >= 15 is 0 Å². The summed E-state index contributed by atoms with van der Waals surface area (Å²) in [5.41, 5.74) is 1.38. The second-order valence-corrected chi connectivity index (χ2v) is 8.67. The number of benzene rings is 2. The second-order valence-electron chi connectivity index (χ2n) is 5.80. The lowest BCUT2D eigenvalue weighted by molar-refractivity contribution is -0.600. The van der Waals surface area contributed by atoms with Gasteiger partial charge in [0.2, 0.25) is 0 Å². The predicted molar refractivity (Wildman–Crippen MR) is 97.0 cm³/mol. The number of pyridine rings is 2. The van der Waals surface area contributed by atoms with Crippen molar-refractivity contribution in [1.82, 2.24) is 9.55 Å². The van der Waals surface area contributed by atoms with Gasteiger partial charge in [0.05, 0.1) is 11.9 Å². The maximum Gasteiger partial charge on any atom is 0.368 e. The second kappa shape index (κ2) is 7.29. The number of hydrogen-bond donors (Lipinski definition) is 1. The maximum atomic E-state index is 13.2. The monoisotopic (exact) mass is 455 g/mol. The molecule has 1 N–H and O–H groups in total. The van der Waals surface area contributed by atoms with Crippen LogP contribution in [-0.2, 0) is 6.54 Å². The summed E-state index contributed by atoms with van der Waals surface area (Å²) in [7, 11) is 0. The molecule has 26 heavy (non-hydrogen) atoms. The van der Waals surface area contributed by atoms with Gasteiger partial charge in [-0.1, -0.05) is 48.5 Å². The molecular weight excluding hydrogens is 439 g/mol. The summed E-state index contributed by atoms with van der Waals surface area (Å²) in [4.78, 5) is 17.6. The molecule has 0 aliphatic carbocycles. The molecule has 4 nitrogen and oxygen atoms in total. The Balaban J connectivity index is 1.91. The molecule has 128 valence electrons. The third kappa shape index (κ3) is 3.22. The predicted octanol–water partition coefficient (Wildman–Crippen LogP) is 0.279. The summed E-state index contributed by atoms with van der Waals surface area (Å²) in [6.45, 7) is 0.430. The van der Waals surface area contributed by atoms with E-state index in [9.17, 15) is 9.90 Å². The van der Waals surface area contributed by atoms with E-state index in [1.807, 2.05) is 66.7 Å². The van der Waals surface area contributed by atoms with E-state index in [0.29, 0.717) is 21.1 Å². The van der Waals surface area contributed by atoms with Crippen molar-refractivity contribution in [3.8, 4) is 5.75 Å². The number of nitrogens with zero attached hydrogens (tertiary/aromatic N) is 2. The zero-order valence-electron chi connectivity index (χ0n) is 13.8. The molecule has 0 radical (unpaired) electrons. The summed E-state index contributed by atoms with van der Waals surface area (Å²) in [6.07, 6.45) is 1.65. The fraction of sp³-hybridized carbons (Fsp3) is 0.0476. The minimum absolute atomic E-state index is 0.0686. The zero-order chi connectivity index (χ0) is 17.9. The van der Waals surface area contributed by atoms with E-state index in [2.05, 4.69) is 4.98 Å². The van der Waals surface area contributed by atoms with Gasteiger partial charge in [0.25, 0.3) is 0 Å². The number of hydrogen-bond acceptors (Lipinski definition) is 3. The lowest BCUT2D eigenvalue weighted by Gasteiger charge is -2.10. The van der Waals surface area contributed by atoms with Gasteiger partial charge >= 0.3 is 30.3 Å². The van der Waals surface area contributed by atoms with Crippen LogP contribution in [0.1, 0.15) is 5.56 Å². The molecular formula is C21H16IN2O2+. The Kier molecular flexibility index (Phi) is 4.71. The van der Waals surface area contributed by atoms with Crippen LogP contribution in [0.25, 0.3) is 11.0 Å². The quantitative estimate of drug-likeness (QED) is 0.450. The molecule has 4 aromatic rings. The van der Waals surface area contributed by atoms with Gasteiger partial charge in [0.15, 0.2) is 9.32 Å². The molecule has 0 unspecified atom stereocenters. The van der Waals surface area contributed by atoms with Crippen LogP contribution in [-0.4, -0.2) is 14.7 Å². The maximum absolute atomic E-state index is 13.2. The van der Waals surface area contributed by atoms with E-state index in [4.69, 9.17) is 0 Å². The third-order valence-corrected chi connectivity index (χ3v) is 6.91. The SMILES string of the molecule is O=c1c([I+]c2ccccc2)c(O)c2cccnc2n1Cc1ccccc1. The van der Waals surface area contributed by atoms with Gasteiger partial charge in [-0.05, 0) is 29.8 Å². The Morgan fingerprint density at radius 1 is 0.923 bits per heavy atom. The molecule has 0 saturated heterocycles. The molecule has 2 aromatic heterocycles. The normalized spacial score (nSPS) is 10.9. The first-order valence-electron chi connectivity index (χ1n) is 8.18. The molecule has 5 heteroatoms. The highest BCUT2D eigenvalue weighted by atomic mass is 127. The Bertz CT molecular complexity index is 1110. The average Bonchev–Trinajstić information content (AvgIpc) is 2.70. The van der Waals surface area contributed by atoms with Crippen molar-refractivity contribution in [3.63, 3.8) is 0 Å². The number of fused-ring (bicyclic) bond motifs is 1. The number of rotatable bonds is 4. The van der Waals surface area contributed by atoms with Gasteiger partial charge < -0.3 is 5.11 Å². The van der Waals surface area contributed by atoms with E-state index in [1.165, 1.54) is 0 Å². The summed E-state index contributed by atoms with van der Waals surface area (Å²) < 4.78 is 3.27. The highest BCUT2D eigenvalue weighted by Gasteiger charge is 2.29. The van der Waals surface area contributed by atoms with E-state index in [-0.39, 0.29) is 11.3 Å². The van der Waals surface area contributed by atoms with Crippen LogP contribution in [0.2, 0.25) is 0 Å². The van der Waals surface area contributed by atoms with Crippen molar-refractivity contribution >= 4 is 11.0 Å². The molecule has 0 aliphatic rings. The van der Waals surface area contributed by atoms with Crippen molar-refractivity contribution < 1.29 is 26.3 Å². The summed E-state index contributed by atoms with van der Waals surface area (Å²) in [5, 5.41) is 11.4. The largest absolute Gasteiger partial charge is 0.503 e. The lowest BCUT2D eigenvalue weighted by atomic mass is 10.2. The number of aromatic nitrogens is 2. The first kappa shape index (κ1) is 16.8. The molecule has 0 spiro atoms. The van der Waals surface area contributed by atoms with Crippen LogP contribution < -0.4 is 26.8 Å². The number of aromatic hydroxyl groups is 1. The van der Waals surface area contributed by atoms with Gasteiger partial charge in [0, 0.05) is 6.20 Å². The highest BCUT2D eigenvalue weighted by Crippen LogP contribution is 2.21. The minimum atomic E-state index is -0.794. The minimum Gasteiger partial charge on any atom is -0.503 e. The van der Waals surface area contributed by atoms with E-state index in [1.54, 1.807) is 16.8 Å². The first-order valence-corrected chi connectivity index (χ1v) is 10.3. The van der Waals surface area contributed by atoms with Crippen LogP contribution in [0.5, 0.6) is 5.75 Å². The highest BCUT2D eigenvalue weighted by molar-refractivity contribution is 5.81. The number of halogens is 1. The van der Waals surface area contributed by atoms with Crippen LogP contribution in [0, 0.1) is 7.14 Å². The molecule has 2 heterocycles. The topological polar surface area (TPSA) is 55.1 Å². The molecule has 0 aliphatic heterocycles. The van der Waals surface area contributed by atoms with Crippen LogP contribution in [0.15, 0.2) is 83.8 Å². The van der Waals surface area contributed by atoms with Crippen LogP contribution in [0.3, 0.4) is 0 Å². The van der Waals surface area contributed by atoms with Crippen molar-refractivity contribution in [2.24, 2.45) is 0 Å². The molecule has 4 rings (SSSR count). The fourth-order valence-electron chi connectivity index (χ4n) is 2.82. The average molecular weight is 455 g/mol. The molecule has 2 aromatic carbocycles. The van der Waals surface area contributed by atoms with E-state index < -0.39 is 21.2 Å². The molecule has 0 amide bonds. The Hall–Kier alpha value is -2.67. The van der Waals surface area contributed by atoms with Gasteiger partial charge in [-0.15, -0.1) is 0 Å². The molecule has 0 bridgehead atoms. The molecule has 0 atom stereocenters. The Morgan fingerprint density at radius 3 is 2.35 bits per heavy atom. The van der Waals surface area contributed by atoms with Gasteiger partial charge in [-0.2, -0.15) is 0 Å². The van der Waals surface area contributed by atoms with Crippen molar-refractivity contribution in [2.45, 2.75) is 6.54 Å². The van der Waals surface area contributed by atoms with Crippen molar-refractivity contribution in [2.75, 3.05) is 0 Å². The summed E-state index contributed by atoms with van der Waals surface area (Å²) in [6, 6.07) is 23.3. The fourth-order valence-corrected chi connectivity index (χ4v) is 5.28. The zero-order valence-corrected chi connectivity index (χ0v) is 16.0. The van der Waals surface area contributed by atoms with Gasteiger partial charge in [0.1, 0.15) is 5.65 Å². The Morgan fingerprint density at radius 2 is 1.62 bits per heavy atom. The molecule has 0 saturated carbocycles. The van der Waals surface area contributed by atoms with E-state index in [0.717, 1.165) is 9.13 Å². The summed E-state index contributed by atoms with van der Waals surface area (Å²) in [5.74, 6) is 0.0686. The Labute approximate surface area is 161 Å². The summed E-state index contributed by atoms with van der Waals surface area (Å²) >= 11 is -0.794. The standard InChI is InChI=1S/C21H15IN2O2/c25-19-17-12-7-13-23-20(17)24(14-15-8-3-1-4-9-15)21(26)18(19)22-16-10-5-2-6-11-16/h1-13H,14H2/p+1. The smallest absolute Gasteiger partial charge is 0.368 e. The van der Waals surface area contributed by atoms with Gasteiger partial charge in [-0.25, -0.2) is 4.98 Å². The lowest BCUT2D eigenvalue weighted by Crippen LogP contribution is -3.62. The van der Waals surface area contributed by atoms with Crippen LogP contribution in [0.4, 0.5) is 0 Å².